The molecule has 0 amide bonds. The fourth-order valence-electron chi connectivity index (χ4n) is 12.3. The Hall–Kier alpha value is -0.497. The van der Waals surface area contributed by atoms with Gasteiger partial charge in [0.2, 0.25) is 0 Å². The normalized spacial score (nSPS) is 21.0. The van der Waals surface area contributed by atoms with Gasteiger partial charge < -0.3 is 0 Å². The van der Waals surface area contributed by atoms with Gasteiger partial charge in [-0.2, -0.15) is 0 Å². The summed E-state index contributed by atoms with van der Waals surface area (Å²) in [5.74, 6) is 0. The van der Waals surface area contributed by atoms with Crippen LogP contribution in [-0.4, -0.2) is 9.52 Å². The quantitative estimate of drug-likeness (QED) is 0.110. The van der Waals surface area contributed by atoms with Crippen LogP contribution in [0.4, 0.5) is 0 Å². The van der Waals surface area contributed by atoms with Gasteiger partial charge in [0.1, 0.15) is 0 Å². The van der Waals surface area contributed by atoms with Crippen LogP contribution in [0.1, 0.15) is 173 Å². The van der Waals surface area contributed by atoms with Gasteiger partial charge in [0.15, 0.2) is 0 Å². The molecular weight excluding hydrogens is 1020 g/mol. The zero-order valence-corrected chi connectivity index (χ0v) is 48.9. The first kappa shape index (κ1) is 48.9. The van der Waals surface area contributed by atoms with Gasteiger partial charge in [-0.1, -0.05) is 0 Å². The molecule has 4 aliphatic rings. The van der Waals surface area contributed by atoms with Crippen LogP contribution in [0.25, 0.3) is 34.4 Å². The molecule has 0 spiro atoms. The number of hydrogen-bond acceptors (Lipinski definition) is 0. The predicted molar refractivity (Wildman–Crippen MR) is 276 cm³/mol. The standard InChI is InChI=1S/2C27H33.C2H6Si.4ClH.2Zr/c2*1-5-27(15-6-7-16-27)19-20-17-22-9-8-10-24(25(22)18-20)21-11-13-23(14-12-21)26(2,3)4;1-3-2;;;;;;/h2*8-14,17-18H,5-7,15-16,19H2,1-4H3;1-3H2;4*1H;;/q;;;;;;;2*+2/p-4. The zero-order chi connectivity index (χ0) is 45.0. The third-order valence-corrected chi connectivity index (χ3v) is 59.4. The van der Waals surface area contributed by atoms with Crippen molar-refractivity contribution in [1.82, 2.24) is 0 Å². The molecule has 4 aromatic carbocycles. The van der Waals surface area contributed by atoms with Crippen molar-refractivity contribution in [2.45, 2.75) is 158 Å². The first-order chi connectivity index (χ1) is 29.8. The van der Waals surface area contributed by atoms with Crippen molar-refractivity contribution in [3.8, 4) is 22.3 Å². The van der Waals surface area contributed by atoms with Crippen LogP contribution in [0.2, 0.25) is 7.50 Å². The number of hydrogen-bond donors (Lipinski definition) is 0. The molecule has 0 bridgehead atoms. The van der Waals surface area contributed by atoms with Gasteiger partial charge in [0.25, 0.3) is 0 Å². The van der Waals surface area contributed by atoms with Gasteiger partial charge in [-0.25, -0.2) is 0 Å². The molecule has 63 heavy (non-hydrogen) atoms. The number of allylic oxidation sites excluding steroid dienone is 2. The predicted octanol–water partition coefficient (Wildman–Crippen LogP) is 18.8. The van der Waals surface area contributed by atoms with Crippen LogP contribution in [0.3, 0.4) is 0 Å². The third kappa shape index (κ3) is 10.3. The molecule has 0 N–H and O–H groups in total. The van der Waals surface area contributed by atoms with E-state index < -0.39 is 45.3 Å². The molecule has 7 heteroatoms. The van der Waals surface area contributed by atoms with Gasteiger partial charge in [0, 0.05) is 0 Å². The van der Waals surface area contributed by atoms with E-state index in [-0.39, 0.29) is 18.1 Å². The molecule has 2 atom stereocenters. The van der Waals surface area contributed by atoms with Crippen LogP contribution < -0.4 is 0 Å². The summed E-state index contributed by atoms with van der Waals surface area (Å²) in [5.41, 5.74) is 17.3. The Morgan fingerprint density at radius 1 is 0.524 bits per heavy atom. The Balaban J connectivity index is 1.09. The summed E-state index contributed by atoms with van der Waals surface area (Å²) < 4.78 is 2.33. The van der Waals surface area contributed by atoms with E-state index in [4.69, 9.17) is 34.1 Å². The Morgan fingerprint density at radius 3 is 1.19 bits per heavy atom. The van der Waals surface area contributed by atoms with Crippen LogP contribution >= 0.6 is 34.1 Å². The van der Waals surface area contributed by atoms with Crippen molar-refractivity contribution in [3.63, 3.8) is 0 Å². The summed E-state index contributed by atoms with van der Waals surface area (Å²) in [6, 6.07) is 32.4. The van der Waals surface area contributed by atoms with Crippen molar-refractivity contribution in [2.24, 2.45) is 10.8 Å². The van der Waals surface area contributed by atoms with Crippen LogP contribution in [0, 0.1) is 10.8 Å². The van der Waals surface area contributed by atoms with Crippen molar-refractivity contribution in [3.05, 3.63) is 129 Å². The monoisotopic (exact) mass is 1090 g/mol. The van der Waals surface area contributed by atoms with E-state index in [1.807, 2.05) is 0 Å². The number of rotatable bonds is 14. The van der Waals surface area contributed by atoms with Crippen molar-refractivity contribution < 1.29 is 35.8 Å². The van der Waals surface area contributed by atoms with E-state index in [2.05, 4.69) is 152 Å². The van der Waals surface area contributed by atoms with Crippen molar-refractivity contribution >= 4 is 55.7 Å². The Morgan fingerprint density at radius 2 is 0.873 bits per heavy atom. The average Bonchev–Trinajstić information content (AvgIpc) is 4.06. The first-order valence-corrected chi connectivity index (χ1v) is 45.4. The van der Waals surface area contributed by atoms with E-state index in [1.54, 1.807) is 0 Å². The molecule has 336 valence electrons. The number of fused-ring (bicyclic) bond motifs is 2. The van der Waals surface area contributed by atoms with E-state index in [9.17, 15) is 0 Å². The molecule has 2 saturated carbocycles. The molecule has 8 rings (SSSR count). The minimum atomic E-state index is -3.86. The Bertz CT molecular complexity index is 2170. The Kier molecular flexibility index (Phi) is 14.9. The minimum absolute atomic E-state index is 0.114. The van der Waals surface area contributed by atoms with Gasteiger partial charge in [-0.15, -0.1) is 0 Å². The van der Waals surface area contributed by atoms with Crippen LogP contribution in [0.15, 0.2) is 96.1 Å². The van der Waals surface area contributed by atoms with Crippen molar-refractivity contribution in [1.29, 1.82) is 0 Å². The number of benzene rings is 4. The fourth-order valence-corrected chi connectivity index (χ4v) is 56.9. The SMILES string of the molecule is CCC1(CC2=Cc3c(-c4ccc(C(C)(C)C)cc4)cccc3[CH]2[Zr]([Cl])([Cl])[CH2][SiH2][CH2][Zr]([Cl])([Cl])[CH]2C(CC3(CC)CCCC3)=Cc3c(-c4ccc(C(C)(C)C)cc4)cccc32)CCCC1. The summed E-state index contributed by atoms with van der Waals surface area (Å²) >= 11 is -7.71. The first-order valence-electron chi connectivity index (χ1n) is 24.4. The third-order valence-electron chi connectivity index (χ3n) is 16.3. The summed E-state index contributed by atoms with van der Waals surface area (Å²) in [5, 5.41) is 0. The van der Waals surface area contributed by atoms with Gasteiger partial charge in [-0.3, -0.25) is 0 Å². The molecule has 0 nitrogen and oxygen atoms in total. The molecule has 0 radical (unpaired) electrons. The van der Waals surface area contributed by atoms with E-state index in [1.165, 1.54) is 131 Å². The van der Waals surface area contributed by atoms with Crippen LogP contribution in [0.5, 0.6) is 0 Å². The molecule has 4 aliphatic carbocycles. The molecule has 0 heterocycles. The van der Waals surface area contributed by atoms with E-state index >= 15 is 0 Å². The topological polar surface area (TPSA) is 0 Å². The molecule has 2 unspecified atom stereocenters. The van der Waals surface area contributed by atoms with E-state index in [0.717, 1.165) is 20.3 Å². The van der Waals surface area contributed by atoms with Crippen molar-refractivity contribution in [2.75, 3.05) is 0 Å². The molecule has 4 aromatic rings. The summed E-state index contributed by atoms with van der Waals surface area (Å²) in [7, 11) is 31.6. The molecule has 0 aliphatic heterocycles. The van der Waals surface area contributed by atoms with Gasteiger partial charge in [-0.05, 0) is 0 Å². The molecule has 2 fully saturated rings. The second-order valence-electron chi connectivity index (χ2n) is 22.4. The average molecular weight is 1100 g/mol. The maximum atomic E-state index is 8.08. The second kappa shape index (κ2) is 19.1. The summed E-state index contributed by atoms with van der Waals surface area (Å²) in [6.45, 7) is 18.6. The maximum absolute atomic E-state index is 8.08. The second-order valence-corrected chi connectivity index (χ2v) is 60.1. The number of halogens is 4. The molecule has 0 saturated heterocycles. The molecular formula is C56H72Cl4SiZr2. The van der Waals surface area contributed by atoms with E-state index in [0.29, 0.717) is 10.8 Å². The Labute approximate surface area is 407 Å². The zero-order valence-electron chi connectivity index (χ0n) is 39.5. The molecule has 0 aromatic heterocycles. The van der Waals surface area contributed by atoms with Gasteiger partial charge >= 0.3 is 412 Å². The summed E-state index contributed by atoms with van der Waals surface area (Å²) in [4.78, 5) is 0. The summed E-state index contributed by atoms with van der Waals surface area (Å²) in [6.07, 6.45) is 20.3. The van der Waals surface area contributed by atoms with Gasteiger partial charge in [0.05, 0.1) is 0 Å². The fraction of sp³-hybridized carbons (Fsp3) is 0.500. The van der Waals surface area contributed by atoms with Crippen LogP contribution in [-0.2, 0) is 46.6 Å².